The molecule has 2 aromatic rings. The van der Waals surface area contributed by atoms with E-state index in [0.29, 0.717) is 5.69 Å². The molecule has 0 unspecified atom stereocenters. The third-order valence-electron chi connectivity index (χ3n) is 2.95. The first kappa shape index (κ1) is 19.5. The molecule has 0 bridgehead atoms. The summed E-state index contributed by atoms with van der Waals surface area (Å²) >= 11 is 0. The second-order valence-corrected chi connectivity index (χ2v) is 8.09. The fraction of sp³-hybridized carbons (Fsp3) is 0.250. The van der Waals surface area contributed by atoms with Gasteiger partial charge in [-0.15, -0.1) is 0 Å². The Morgan fingerprint density at radius 1 is 0.920 bits per heavy atom. The summed E-state index contributed by atoms with van der Waals surface area (Å²) in [5.74, 6) is 0.243. The van der Waals surface area contributed by atoms with Crippen LogP contribution in [0.2, 0.25) is 0 Å². The van der Waals surface area contributed by atoms with Crippen LogP contribution >= 0.6 is 7.82 Å². The molecule has 0 aliphatic rings. The topological polar surface area (TPSA) is 90.9 Å². The quantitative estimate of drug-likeness (QED) is 0.655. The smallest absolute Gasteiger partial charge is 0.404 e. The van der Waals surface area contributed by atoms with Crippen LogP contribution in [0.15, 0.2) is 59.5 Å². The third-order valence-corrected chi connectivity index (χ3v) is 5.93. The summed E-state index contributed by atoms with van der Waals surface area (Å²) in [6, 6.07) is 14.0. The van der Waals surface area contributed by atoms with E-state index in [0.717, 1.165) is 0 Å². The van der Waals surface area contributed by atoms with Gasteiger partial charge >= 0.3 is 7.82 Å². The molecule has 0 heterocycles. The molecule has 7 nitrogen and oxygen atoms in total. The zero-order chi connectivity index (χ0) is 18.3. The van der Waals surface area contributed by atoms with Crippen molar-refractivity contribution in [1.29, 1.82) is 0 Å². The average molecular weight is 385 g/mol. The van der Waals surface area contributed by atoms with Crippen LogP contribution < -0.4 is 9.25 Å². The maximum Gasteiger partial charge on any atom is 0.530 e. The van der Waals surface area contributed by atoms with E-state index in [4.69, 9.17) is 13.6 Å². The van der Waals surface area contributed by atoms with Crippen molar-refractivity contribution >= 4 is 23.5 Å². The van der Waals surface area contributed by atoms with Gasteiger partial charge in [0, 0.05) is 5.69 Å². The van der Waals surface area contributed by atoms with Gasteiger partial charge in [0.25, 0.3) is 10.0 Å². The minimum absolute atomic E-state index is 0.160. The normalized spacial score (nSPS) is 11.9. The number of nitrogens with one attached hydrogen (secondary N) is 1. The SMILES string of the molecule is CCOP(=O)(OCC)Oc1ccc(NS(=O)(=O)c2ccccc2)cc1. The van der Waals surface area contributed by atoms with Gasteiger partial charge in [0.05, 0.1) is 18.1 Å². The van der Waals surface area contributed by atoms with Gasteiger partial charge in [-0.3, -0.25) is 13.8 Å². The molecule has 9 heteroatoms. The molecule has 0 aliphatic heterocycles. The van der Waals surface area contributed by atoms with Crippen molar-refractivity contribution in [1.82, 2.24) is 0 Å². The molecule has 136 valence electrons. The second-order valence-electron chi connectivity index (χ2n) is 4.82. The Kier molecular flexibility index (Phi) is 6.61. The number of benzene rings is 2. The first-order valence-corrected chi connectivity index (χ1v) is 10.6. The fourth-order valence-corrected chi connectivity index (χ4v) is 4.20. The van der Waals surface area contributed by atoms with E-state index >= 15 is 0 Å². The van der Waals surface area contributed by atoms with E-state index < -0.39 is 17.8 Å². The monoisotopic (exact) mass is 385 g/mol. The standard InChI is InChI=1S/C16H20NO6PS/c1-3-21-24(18,22-4-2)23-15-12-10-14(11-13-15)17-25(19,20)16-8-6-5-7-9-16/h5-13,17H,3-4H2,1-2H3. The highest BCUT2D eigenvalue weighted by Crippen LogP contribution is 2.49. The first-order valence-electron chi connectivity index (χ1n) is 7.65. The van der Waals surface area contributed by atoms with E-state index in [9.17, 15) is 13.0 Å². The molecule has 0 saturated carbocycles. The van der Waals surface area contributed by atoms with Crippen LogP contribution in [-0.2, 0) is 23.6 Å². The molecule has 0 atom stereocenters. The van der Waals surface area contributed by atoms with Crippen LogP contribution in [0.1, 0.15) is 13.8 Å². The van der Waals surface area contributed by atoms with Crippen molar-refractivity contribution in [2.24, 2.45) is 0 Å². The third kappa shape index (κ3) is 5.57. The molecule has 0 amide bonds. The number of hydrogen-bond donors (Lipinski definition) is 1. The van der Waals surface area contributed by atoms with E-state index in [1.807, 2.05) is 0 Å². The number of sulfonamides is 1. The summed E-state index contributed by atoms with van der Waals surface area (Å²) < 4.78 is 54.7. The van der Waals surface area contributed by atoms with Gasteiger partial charge in [-0.2, -0.15) is 0 Å². The molecular formula is C16H20NO6PS. The summed E-state index contributed by atoms with van der Waals surface area (Å²) in [5, 5.41) is 0. The lowest BCUT2D eigenvalue weighted by Gasteiger charge is -2.17. The molecule has 0 fully saturated rings. The molecule has 25 heavy (non-hydrogen) atoms. The van der Waals surface area contributed by atoms with Crippen molar-refractivity contribution in [3.05, 3.63) is 54.6 Å². The van der Waals surface area contributed by atoms with Gasteiger partial charge in [-0.25, -0.2) is 13.0 Å². The van der Waals surface area contributed by atoms with Crippen LogP contribution in [0.25, 0.3) is 0 Å². The van der Waals surface area contributed by atoms with Crippen LogP contribution in [0.5, 0.6) is 5.75 Å². The summed E-state index contributed by atoms with van der Waals surface area (Å²) in [6.07, 6.45) is 0. The zero-order valence-corrected chi connectivity index (χ0v) is 15.6. The lowest BCUT2D eigenvalue weighted by atomic mass is 10.3. The molecule has 0 saturated heterocycles. The number of phosphoric acid groups is 1. The lowest BCUT2D eigenvalue weighted by molar-refractivity contribution is 0.167. The van der Waals surface area contributed by atoms with Gasteiger partial charge in [0.2, 0.25) is 0 Å². The van der Waals surface area contributed by atoms with Crippen molar-refractivity contribution in [3.8, 4) is 5.75 Å². The molecule has 0 aliphatic carbocycles. The predicted octanol–water partition coefficient (Wildman–Crippen LogP) is 4.05. The Bertz CT molecular complexity index is 813. The minimum atomic E-state index is -3.68. The molecule has 1 N–H and O–H groups in total. The second kappa shape index (κ2) is 8.49. The molecule has 0 aromatic heterocycles. The molecular weight excluding hydrogens is 365 g/mol. The molecule has 0 spiro atoms. The minimum Gasteiger partial charge on any atom is -0.404 e. The van der Waals surface area contributed by atoms with E-state index in [1.165, 1.54) is 36.4 Å². The summed E-state index contributed by atoms with van der Waals surface area (Å²) in [6.45, 7) is 3.70. The Morgan fingerprint density at radius 3 is 2.00 bits per heavy atom. The summed E-state index contributed by atoms with van der Waals surface area (Å²) in [7, 11) is -7.36. The van der Waals surface area contributed by atoms with Gasteiger partial charge in [0.15, 0.2) is 0 Å². The first-order chi connectivity index (χ1) is 11.9. The average Bonchev–Trinajstić information content (AvgIpc) is 2.57. The van der Waals surface area contributed by atoms with E-state index in [2.05, 4.69) is 4.72 Å². The maximum absolute atomic E-state index is 12.3. The number of anilines is 1. The van der Waals surface area contributed by atoms with Crippen LogP contribution in [0.3, 0.4) is 0 Å². The Balaban J connectivity index is 2.11. The fourth-order valence-electron chi connectivity index (χ4n) is 1.93. The highest BCUT2D eigenvalue weighted by atomic mass is 32.2. The van der Waals surface area contributed by atoms with Crippen molar-refractivity contribution < 1.29 is 26.6 Å². The lowest BCUT2D eigenvalue weighted by Crippen LogP contribution is -2.12. The predicted molar refractivity (Wildman–Crippen MR) is 95.2 cm³/mol. The largest absolute Gasteiger partial charge is 0.530 e. The van der Waals surface area contributed by atoms with Crippen molar-refractivity contribution in [3.63, 3.8) is 0 Å². The molecule has 0 radical (unpaired) electrons. The van der Waals surface area contributed by atoms with Crippen molar-refractivity contribution in [2.75, 3.05) is 17.9 Å². The highest BCUT2D eigenvalue weighted by molar-refractivity contribution is 7.92. The van der Waals surface area contributed by atoms with Gasteiger partial charge < -0.3 is 4.52 Å². The van der Waals surface area contributed by atoms with Gasteiger partial charge in [-0.1, -0.05) is 18.2 Å². The van der Waals surface area contributed by atoms with E-state index in [1.54, 1.807) is 32.0 Å². The molecule has 2 aromatic carbocycles. The Morgan fingerprint density at radius 2 is 1.48 bits per heavy atom. The molecule has 2 rings (SSSR count). The number of rotatable bonds is 9. The number of hydrogen-bond acceptors (Lipinski definition) is 6. The van der Waals surface area contributed by atoms with Crippen LogP contribution in [0.4, 0.5) is 5.69 Å². The van der Waals surface area contributed by atoms with Gasteiger partial charge in [-0.05, 0) is 50.2 Å². The van der Waals surface area contributed by atoms with Crippen LogP contribution in [0, 0.1) is 0 Å². The zero-order valence-electron chi connectivity index (χ0n) is 13.9. The highest BCUT2D eigenvalue weighted by Gasteiger charge is 2.27. The number of phosphoric ester groups is 1. The van der Waals surface area contributed by atoms with Gasteiger partial charge in [0.1, 0.15) is 5.75 Å². The Labute approximate surface area is 147 Å². The van der Waals surface area contributed by atoms with Crippen LogP contribution in [-0.4, -0.2) is 21.6 Å². The maximum atomic E-state index is 12.3. The summed E-state index contributed by atoms with van der Waals surface area (Å²) in [5.41, 5.74) is 0.346. The summed E-state index contributed by atoms with van der Waals surface area (Å²) in [4.78, 5) is 0.160. The Hall–Kier alpha value is -1.86. The van der Waals surface area contributed by atoms with Crippen molar-refractivity contribution in [2.45, 2.75) is 18.7 Å². The van der Waals surface area contributed by atoms with E-state index in [-0.39, 0.29) is 23.9 Å².